The molecular weight excluding hydrogens is 320 g/mol. The third kappa shape index (κ3) is 5.69. The van der Waals surface area contributed by atoms with Gasteiger partial charge < -0.3 is 24.8 Å². The molecule has 0 radical (unpaired) electrons. The standard InChI is InChI=1S/C19H24N2O4/c1-23-16-7-5-15(6-8-16)21-19(22)13-20-11-10-14-4-9-17(24-2)18(12-14)25-3/h4-9,12,20H,10-11,13H2,1-3H3,(H,21,22). The summed E-state index contributed by atoms with van der Waals surface area (Å²) >= 11 is 0. The maximum atomic E-state index is 11.9. The zero-order chi connectivity index (χ0) is 18.1. The largest absolute Gasteiger partial charge is 0.497 e. The van der Waals surface area contributed by atoms with Crippen molar-refractivity contribution in [2.24, 2.45) is 0 Å². The monoisotopic (exact) mass is 344 g/mol. The summed E-state index contributed by atoms with van der Waals surface area (Å²) in [7, 11) is 4.83. The highest BCUT2D eigenvalue weighted by atomic mass is 16.5. The Morgan fingerprint density at radius 1 is 0.920 bits per heavy atom. The van der Waals surface area contributed by atoms with E-state index in [1.165, 1.54) is 0 Å². The van der Waals surface area contributed by atoms with E-state index in [9.17, 15) is 4.79 Å². The number of hydrogen-bond acceptors (Lipinski definition) is 5. The Hall–Kier alpha value is -2.73. The molecule has 2 N–H and O–H groups in total. The molecule has 6 nitrogen and oxygen atoms in total. The van der Waals surface area contributed by atoms with Crippen molar-refractivity contribution in [3.05, 3.63) is 48.0 Å². The fourth-order valence-corrected chi connectivity index (χ4v) is 2.35. The summed E-state index contributed by atoms with van der Waals surface area (Å²) in [6, 6.07) is 13.0. The Morgan fingerprint density at radius 2 is 1.64 bits per heavy atom. The third-order valence-electron chi connectivity index (χ3n) is 3.70. The first-order valence-electron chi connectivity index (χ1n) is 8.01. The van der Waals surface area contributed by atoms with Gasteiger partial charge in [0.05, 0.1) is 27.9 Å². The van der Waals surface area contributed by atoms with Crippen molar-refractivity contribution in [1.82, 2.24) is 5.32 Å². The second-order valence-electron chi connectivity index (χ2n) is 5.39. The van der Waals surface area contributed by atoms with Crippen LogP contribution in [0.15, 0.2) is 42.5 Å². The summed E-state index contributed by atoms with van der Waals surface area (Å²) < 4.78 is 15.6. The van der Waals surface area contributed by atoms with Crippen LogP contribution in [-0.4, -0.2) is 40.3 Å². The van der Waals surface area contributed by atoms with Crippen LogP contribution in [0.4, 0.5) is 5.69 Å². The number of amides is 1. The topological polar surface area (TPSA) is 68.8 Å². The van der Waals surface area contributed by atoms with Crippen LogP contribution in [-0.2, 0) is 11.2 Å². The van der Waals surface area contributed by atoms with E-state index in [0.717, 1.165) is 23.4 Å². The second kappa shape index (κ2) is 9.54. The van der Waals surface area contributed by atoms with Gasteiger partial charge in [0.15, 0.2) is 11.5 Å². The first-order valence-corrected chi connectivity index (χ1v) is 8.01. The van der Waals surface area contributed by atoms with Crippen LogP contribution >= 0.6 is 0 Å². The number of carbonyl (C=O) groups is 1. The van der Waals surface area contributed by atoms with E-state index in [4.69, 9.17) is 14.2 Å². The molecule has 1 amide bonds. The molecule has 0 unspecified atom stereocenters. The smallest absolute Gasteiger partial charge is 0.238 e. The molecule has 0 atom stereocenters. The molecule has 25 heavy (non-hydrogen) atoms. The van der Waals surface area contributed by atoms with E-state index in [1.807, 2.05) is 18.2 Å². The lowest BCUT2D eigenvalue weighted by molar-refractivity contribution is -0.115. The molecule has 2 rings (SSSR count). The van der Waals surface area contributed by atoms with Crippen LogP contribution in [0.5, 0.6) is 17.2 Å². The molecule has 0 aliphatic carbocycles. The van der Waals surface area contributed by atoms with Gasteiger partial charge in [0, 0.05) is 5.69 Å². The van der Waals surface area contributed by atoms with Gasteiger partial charge in [-0.2, -0.15) is 0 Å². The van der Waals surface area contributed by atoms with Gasteiger partial charge in [-0.15, -0.1) is 0 Å². The van der Waals surface area contributed by atoms with Crippen molar-refractivity contribution in [2.45, 2.75) is 6.42 Å². The number of carbonyl (C=O) groups excluding carboxylic acids is 1. The third-order valence-corrected chi connectivity index (χ3v) is 3.70. The molecule has 0 fully saturated rings. The van der Waals surface area contributed by atoms with Gasteiger partial charge >= 0.3 is 0 Å². The van der Waals surface area contributed by atoms with Gasteiger partial charge in [0.1, 0.15) is 5.75 Å². The summed E-state index contributed by atoms with van der Waals surface area (Å²) in [6.07, 6.45) is 0.788. The number of nitrogens with one attached hydrogen (secondary N) is 2. The molecule has 0 aliphatic heterocycles. The van der Waals surface area contributed by atoms with Crippen molar-refractivity contribution < 1.29 is 19.0 Å². The average molecular weight is 344 g/mol. The highest BCUT2D eigenvalue weighted by molar-refractivity contribution is 5.92. The van der Waals surface area contributed by atoms with Crippen LogP contribution in [0.3, 0.4) is 0 Å². The van der Waals surface area contributed by atoms with Crippen molar-refractivity contribution in [2.75, 3.05) is 39.7 Å². The second-order valence-corrected chi connectivity index (χ2v) is 5.39. The Balaban J connectivity index is 1.74. The van der Waals surface area contributed by atoms with Gasteiger partial charge in [-0.05, 0) is 54.9 Å². The number of rotatable bonds is 9. The maximum absolute atomic E-state index is 11.9. The van der Waals surface area contributed by atoms with Gasteiger partial charge in [-0.3, -0.25) is 4.79 Å². The summed E-state index contributed by atoms with van der Waals surface area (Å²) in [5, 5.41) is 5.97. The molecule has 2 aromatic carbocycles. The summed E-state index contributed by atoms with van der Waals surface area (Å²) in [5.74, 6) is 2.08. The molecule has 0 heterocycles. The van der Waals surface area contributed by atoms with Crippen LogP contribution in [0.25, 0.3) is 0 Å². The zero-order valence-corrected chi connectivity index (χ0v) is 14.8. The highest BCUT2D eigenvalue weighted by Crippen LogP contribution is 2.27. The minimum atomic E-state index is -0.0857. The molecule has 0 saturated heterocycles. The molecule has 2 aromatic rings. The van der Waals surface area contributed by atoms with Crippen molar-refractivity contribution in [1.29, 1.82) is 0 Å². The molecule has 6 heteroatoms. The van der Waals surface area contributed by atoms with Crippen molar-refractivity contribution in [3.8, 4) is 17.2 Å². The van der Waals surface area contributed by atoms with E-state index >= 15 is 0 Å². The van der Waals surface area contributed by atoms with E-state index in [0.29, 0.717) is 18.0 Å². The lowest BCUT2D eigenvalue weighted by Gasteiger charge is -2.10. The first-order chi connectivity index (χ1) is 12.2. The molecule has 0 bridgehead atoms. The lowest BCUT2D eigenvalue weighted by Crippen LogP contribution is -2.29. The van der Waals surface area contributed by atoms with Gasteiger partial charge in [-0.1, -0.05) is 6.07 Å². The Bertz CT molecular complexity index is 686. The molecule has 0 aliphatic rings. The minimum absolute atomic E-state index is 0.0857. The molecular formula is C19H24N2O4. The highest BCUT2D eigenvalue weighted by Gasteiger charge is 2.05. The van der Waals surface area contributed by atoms with Crippen LogP contribution in [0.1, 0.15) is 5.56 Å². The Labute approximate surface area is 148 Å². The maximum Gasteiger partial charge on any atom is 0.238 e. The predicted octanol–water partition coefficient (Wildman–Crippen LogP) is 2.48. The normalized spacial score (nSPS) is 10.2. The number of benzene rings is 2. The Kier molecular flexibility index (Phi) is 7.10. The van der Waals surface area contributed by atoms with E-state index in [-0.39, 0.29) is 12.5 Å². The molecule has 0 spiro atoms. The zero-order valence-electron chi connectivity index (χ0n) is 14.8. The average Bonchev–Trinajstić information content (AvgIpc) is 2.65. The minimum Gasteiger partial charge on any atom is -0.497 e. The summed E-state index contributed by atoms with van der Waals surface area (Å²) in [5.41, 5.74) is 1.85. The van der Waals surface area contributed by atoms with E-state index < -0.39 is 0 Å². The van der Waals surface area contributed by atoms with Crippen molar-refractivity contribution >= 4 is 11.6 Å². The number of hydrogen-bond donors (Lipinski definition) is 2. The molecule has 0 aromatic heterocycles. The van der Waals surface area contributed by atoms with E-state index in [2.05, 4.69) is 10.6 Å². The molecule has 134 valence electrons. The fraction of sp³-hybridized carbons (Fsp3) is 0.316. The van der Waals surface area contributed by atoms with Crippen LogP contribution < -0.4 is 24.8 Å². The van der Waals surface area contributed by atoms with Crippen LogP contribution in [0.2, 0.25) is 0 Å². The predicted molar refractivity (Wildman–Crippen MR) is 97.7 cm³/mol. The number of methoxy groups -OCH3 is 3. The Morgan fingerprint density at radius 3 is 2.28 bits per heavy atom. The van der Waals surface area contributed by atoms with Gasteiger partial charge in [-0.25, -0.2) is 0 Å². The summed E-state index contributed by atoms with van der Waals surface area (Å²) in [6.45, 7) is 0.935. The van der Waals surface area contributed by atoms with Crippen LogP contribution in [0, 0.1) is 0 Å². The lowest BCUT2D eigenvalue weighted by atomic mass is 10.1. The summed E-state index contributed by atoms with van der Waals surface area (Å²) in [4.78, 5) is 11.9. The fourth-order valence-electron chi connectivity index (χ4n) is 2.35. The van der Waals surface area contributed by atoms with Gasteiger partial charge in [0.2, 0.25) is 5.91 Å². The first kappa shape index (κ1) is 18.6. The van der Waals surface area contributed by atoms with Gasteiger partial charge in [0.25, 0.3) is 0 Å². The SMILES string of the molecule is COc1ccc(NC(=O)CNCCc2ccc(OC)c(OC)c2)cc1. The number of ether oxygens (including phenoxy) is 3. The van der Waals surface area contributed by atoms with E-state index in [1.54, 1.807) is 45.6 Å². The van der Waals surface area contributed by atoms with Crippen molar-refractivity contribution in [3.63, 3.8) is 0 Å². The molecule has 0 saturated carbocycles. The quantitative estimate of drug-likeness (QED) is 0.684. The number of anilines is 1.